The van der Waals surface area contributed by atoms with E-state index in [1.54, 1.807) is 7.11 Å². The summed E-state index contributed by atoms with van der Waals surface area (Å²) in [4.78, 5) is 0. The molecule has 1 aromatic carbocycles. The average Bonchev–Trinajstić information content (AvgIpc) is 2.21. The van der Waals surface area contributed by atoms with E-state index < -0.39 is 0 Å². The van der Waals surface area contributed by atoms with Crippen LogP contribution < -0.4 is 10.1 Å². The number of benzene rings is 1. The van der Waals surface area contributed by atoms with Crippen LogP contribution in [0.2, 0.25) is 0 Å². The Morgan fingerprint density at radius 3 is 2.93 bits per heavy atom. The fraction of sp³-hybridized carbons (Fsp3) is 0.400. The third-order valence-electron chi connectivity index (χ3n) is 1.84. The van der Waals surface area contributed by atoms with Gasteiger partial charge < -0.3 is 10.1 Å². The number of methoxy groups -OCH3 is 1. The van der Waals surface area contributed by atoms with E-state index >= 15 is 0 Å². The quantitative estimate of drug-likeness (QED) is 0.489. The minimum Gasteiger partial charge on any atom is -0.497 e. The SMILES string of the molecule is COc1ccc(Br)c(CNCCI)c1. The van der Waals surface area contributed by atoms with Crippen LogP contribution in [0.1, 0.15) is 5.56 Å². The van der Waals surface area contributed by atoms with Crippen molar-refractivity contribution in [2.75, 3.05) is 18.1 Å². The van der Waals surface area contributed by atoms with Gasteiger partial charge in [-0.2, -0.15) is 0 Å². The number of hydrogen-bond donors (Lipinski definition) is 1. The first-order valence-corrected chi connectivity index (χ1v) is 6.69. The fourth-order valence-electron chi connectivity index (χ4n) is 1.10. The maximum absolute atomic E-state index is 5.17. The van der Waals surface area contributed by atoms with Gasteiger partial charge in [0.15, 0.2) is 0 Å². The van der Waals surface area contributed by atoms with E-state index in [9.17, 15) is 0 Å². The number of halogens is 2. The summed E-state index contributed by atoms with van der Waals surface area (Å²) >= 11 is 5.87. The zero-order valence-electron chi connectivity index (χ0n) is 8.02. The van der Waals surface area contributed by atoms with Gasteiger partial charge in [-0.3, -0.25) is 0 Å². The predicted molar refractivity (Wildman–Crippen MR) is 71.3 cm³/mol. The van der Waals surface area contributed by atoms with Gasteiger partial charge in [-0.25, -0.2) is 0 Å². The van der Waals surface area contributed by atoms with E-state index in [2.05, 4.69) is 43.8 Å². The molecule has 0 saturated carbocycles. The van der Waals surface area contributed by atoms with Crippen LogP contribution in [0.4, 0.5) is 0 Å². The molecule has 4 heteroatoms. The third-order valence-corrected chi connectivity index (χ3v) is 3.15. The first-order valence-electron chi connectivity index (χ1n) is 4.37. The van der Waals surface area contributed by atoms with Crippen molar-refractivity contribution >= 4 is 38.5 Å². The molecule has 0 radical (unpaired) electrons. The monoisotopic (exact) mass is 369 g/mol. The molecule has 0 heterocycles. The Bertz CT molecular complexity index is 293. The van der Waals surface area contributed by atoms with Crippen molar-refractivity contribution in [3.8, 4) is 5.75 Å². The second-order valence-corrected chi connectivity index (χ2v) is 4.76. The highest BCUT2D eigenvalue weighted by molar-refractivity contribution is 14.1. The summed E-state index contributed by atoms with van der Waals surface area (Å²) in [6.07, 6.45) is 0. The van der Waals surface area contributed by atoms with Gasteiger partial charge in [0.05, 0.1) is 7.11 Å². The molecule has 1 N–H and O–H groups in total. The smallest absolute Gasteiger partial charge is 0.119 e. The maximum atomic E-state index is 5.17. The second-order valence-electron chi connectivity index (χ2n) is 2.82. The summed E-state index contributed by atoms with van der Waals surface area (Å²) in [7, 11) is 1.69. The predicted octanol–water partition coefficient (Wildman–Crippen LogP) is 2.98. The highest BCUT2D eigenvalue weighted by Crippen LogP contribution is 2.22. The van der Waals surface area contributed by atoms with Crippen LogP contribution in [0.25, 0.3) is 0 Å². The summed E-state index contributed by atoms with van der Waals surface area (Å²) in [5, 5.41) is 3.35. The lowest BCUT2D eigenvalue weighted by Gasteiger charge is -2.07. The van der Waals surface area contributed by atoms with Crippen LogP contribution in [0.3, 0.4) is 0 Å². The molecule has 0 aliphatic heterocycles. The van der Waals surface area contributed by atoms with Crippen LogP contribution >= 0.6 is 38.5 Å². The molecule has 2 nitrogen and oxygen atoms in total. The zero-order valence-corrected chi connectivity index (χ0v) is 11.8. The summed E-state index contributed by atoms with van der Waals surface area (Å²) < 4.78 is 7.41. The van der Waals surface area contributed by atoms with E-state index in [1.807, 2.05) is 18.2 Å². The second kappa shape index (κ2) is 6.63. The molecule has 0 aliphatic carbocycles. The van der Waals surface area contributed by atoms with Gasteiger partial charge in [-0.1, -0.05) is 38.5 Å². The maximum Gasteiger partial charge on any atom is 0.119 e. The number of hydrogen-bond acceptors (Lipinski definition) is 2. The minimum atomic E-state index is 0.876. The van der Waals surface area contributed by atoms with Crippen LogP contribution in [0.5, 0.6) is 5.75 Å². The van der Waals surface area contributed by atoms with Crippen molar-refractivity contribution in [2.45, 2.75) is 6.54 Å². The number of alkyl halides is 1. The zero-order chi connectivity index (χ0) is 10.4. The molecule has 1 rings (SSSR count). The Balaban J connectivity index is 2.64. The summed E-state index contributed by atoms with van der Waals surface area (Å²) in [6.45, 7) is 1.91. The van der Waals surface area contributed by atoms with Gasteiger partial charge in [0.1, 0.15) is 5.75 Å². The molecular formula is C10H13BrINO. The van der Waals surface area contributed by atoms with E-state index in [0.717, 1.165) is 27.7 Å². The summed E-state index contributed by atoms with van der Waals surface area (Å²) in [5.41, 5.74) is 1.23. The van der Waals surface area contributed by atoms with E-state index in [1.165, 1.54) is 5.56 Å². The fourth-order valence-corrected chi connectivity index (χ4v) is 1.87. The molecular weight excluding hydrogens is 357 g/mol. The Hall–Kier alpha value is 0.190. The molecule has 0 saturated heterocycles. The van der Waals surface area contributed by atoms with Gasteiger partial charge in [-0.05, 0) is 23.8 Å². The lowest BCUT2D eigenvalue weighted by molar-refractivity contribution is 0.414. The Labute approximate surface area is 107 Å². The third kappa shape index (κ3) is 3.74. The van der Waals surface area contributed by atoms with Crippen molar-refractivity contribution in [1.29, 1.82) is 0 Å². The van der Waals surface area contributed by atoms with Crippen molar-refractivity contribution in [2.24, 2.45) is 0 Å². The summed E-state index contributed by atoms with van der Waals surface area (Å²) in [5.74, 6) is 0.902. The van der Waals surface area contributed by atoms with Gasteiger partial charge in [0.2, 0.25) is 0 Å². The molecule has 14 heavy (non-hydrogen) atoms. The largest absolute Gasteiger partial charge is 0.497 e. The molecule has 1 aromatic rings. The van der Waals surface area contributed by atoms with E-state index in [-0.39, 0.29) is 0 Å². The van der Waals surface area contributed by atoms with Crippen molar-refractivity contribution < 1.29 is 4.74 Å². The average molecular weight is 370 g/mol. The molecule has 78 valence electrons. The standard InChI is InChI=1S/C10H13BrINO/c1-14-9-2-3-10(11)8(6-9)7-13-5-4-12/h2-3,6,13H,4-5,7H2,1H3. The number of ether oxygens (including phenoxy) is 1. The Morgan fingerprint density at radius 1 is 1.50 bits per heavy atom. The number of nitrogens with one attached hydrogen (secondary N) is 1. The van der Waals surface area contributed by atoms with Crippen LogP contribution in [-0.4, -0.2) is 18.1 Å². The molecule has 0 amide bonds. The van der Waals surface area contributed by atoms with Gasteiger partial charge >= 0.3 is 0 Å². The lowest BCUT2D eigenvalue weighted by atomic mass is 10.2. The molecule has 0 unspecified atom stereocenters. The Kier molecular flexibility index (Phi) is 5.81. The van der Waals surface area contributed by atoms with Crippen LogP contribution in [-0.2, 0) is 6.54 Å². The molecule has 0 bridgehead atoms. The normalized spacial score (nSPS) is 10.2. The lowest BCUT2D eigenvalue weighted by Crippen LogP contribution is -2.15. The van der Waals surface area contributed by atoms with Crippen molar-refractivity contribution in [1.82, 2.24) is 5.32 Å². The van der Waals surface area contributed by atoms with Crippen LogP contribution in [0.15, 0.2) is 22.7 Å². The molecule has 0 atom stereocenters. The summed E-state index contributed by atoms with van der Waals surface area (Å²) in [6, 6.07) is 6.01. The Morgan fingerprint density at radius 2 is 2.29 bits per heavy atom. The first kappa shape index (κ1) is 12.3. The van der Waals surface area contributed by atoms with Gasteiger partial charge in [-0.15, -0.1) is 0 Å². The van der Waals surface area contributed by atoms with Gasteiger partial charge in [0, 0.05) is 22.0 Å². The number of rotatable bonds is 5. The van der Waals surface area contributed by atoms with E-state index in [0.29, 0.717) is 0 Å². The molecule has 0 spiro atoms. The topological polar surface area (TPSA) is 21.3 Å². The first-order chi connectivity index (χ1) is 6.77. The minimum absolute atomic E-state index is 0.876. The highest BCUT2D eigenvalue weighted by atomic mass is 127. The van der Waals surface area contributed by atoms with Crippen molar-refractivity contribution in [3.05, 3.63) is 28.2 Å². The molecule has 0 aliphatic rings. The van der Waals surface area contributed by atoms with Gasteiger partial charge in [0.25, 0.3) is 0 Å². The van der Waals surface area contributed by atoms with Crippen LogP contribution in [0, 0.1) is 0 Å². The molecule has 0 fully saturated rings. The van der Waals surface area contributed by atoms with E-state index in [4.69, 9.17) is 4.74 Å². The highest BCUT2D eigenvalue weighted by Gasteiger charge is 2.01. The molecule has 0 aromatic heterocycles. The van der Waals surface area contributed by atoms with Crippen molar-refractivity contribution in [3.63, 3.8) is 0 Å².